The van der Waals surface area contributed by atoms with Crippen molar-refractivity contribution < 1.29 is 18.0 Å². The van der Waals surface area contributed by atoms with Crippen LogP contribution in [0.1, 0.15) is 32.3 Å². The van der Waals surface area contributed by atoms with E-state index in [1.165, 1.54) is 21.1 Å². The lowest BCUT2D eigenvalue weighted by Gasteiger charge is -2.30. The Balaban J connectivity index is 2.04. The first-order valence-corrected chi connectivity index (χ1v) is 10.8. The highest BCUT2D eigenvalue weighted by Gasteiger charge is 2.44. The van der Waals surface area contributed by atoms with Crippen LogP contribution in [0, 0.1) is 3.57 Å². The zero-order valence-corrected chi connectivity index (χ0v) is 17.1. The quantitative estimate of drug-likeness (QED) is 0.629. The molecule has 0 fully saturated rings. The second-order valence-corrected chi connectivity index (χ2v) is 9.80. The fourth-order valence-corrected chi connectivity index (χ4v) is 3.66. The van der Waals surface area contributed by atoms with E-state index < -0.39 is 20.6 Å². The maximum Gasteiger partial charge on any atom is 0.346 e. The molecule has 1 atom stereocenters. The Morgan fingerprint density at radius 1 is 1.33 bits per heavy atom. The molecule has 0 spiro atoms. The molecule has 1 aliphatic heterocycles. The van der Waals surface area contributed by atoms with E-state index in [0.717, 1.165) is 18.2 Å². The minimum atomic E-state index is -3.54. The second-order valence-electron chi connectivity index (χ2n) is 6.11. The van der Waals surface area contributed by atoms with E-state index in [2.05, 4.69) is 46.9 Å². The van der Waals surface area contributed by atoms with Crippen molar-refractivity contribution in [3.8, 4) is 0 Å². The molecule has 5 nitrogen and oxygen atoms in total. The number of hydrogen-bond donors (Lipinski definition) is 0. The van der Waals surface area contributed by atoms with Crippen molar-refractivity contribution >= 4 is 44.0 Å². The van der Waals surface area contributed by atoms with Gasteiger partial charge in [0, 0.05) is 16.4 Å². The van der Waals surface area contributed by atoms with E-state index >= 15 is 0 Å². The molecule has 132 valence electrons. The number of halogens is 1. The van der Waals surface area contributed by atoms with Crippen LogP contribution in [0.15, 0.2) is 30.3 Å². The minimum absolute atomic E-state index is 0.183. The predicted octanol–water partition coefficient (Wildman–Crippen LogP) is 3.05. The summed E-state index contributed by atoms with van der Waals surface area (Å²) in [5, 5.41) is 1.53. The van der Waals surface area contributed by atoms with Crippen LogP contribution in [-0.2, 0) is 19.5 Å². The molecule has 1 unspecified atom stereocenters. The van der Waals surface area contributed by atoms with Gasteiger partial charge in [0.15, 0.2) is 14.6 Å². The fourth-order valence-electron chi connectivity index (χ4n) is 2.43. The Kier molecular flexibility index (Phi) is 6.09. The third kappa shape index (κ3) is 4.18. The molecule has 0 N–H and O–H groups in total. The number of benzene rings is 1. The Morgan fingerprint density at radius 3 is 2.42 bits per heavy atom. The highest BCUT2D eigenvalue weighted by atomic mass is 127. The predicted molar refractivity (Wildman–Crippen MR) is 103 cm³/mol. The van der Waals surface area contributed by atoms with Crippen LogP contribution >= 0.6 is 22.6 Å². The Morgan fingerprint density at radius 2 is 1.96 bits per heavy atom. The summed E-state index contributed by atoms with van der Waals surface area (Å²) >= 11 is 2.27. The van der Waals surface area contributed by atoms with Gasteiger partial charge in [-0.2, -0.15) is 0 Å². The summed E-state index contributed by atoms with van der Waals surface area (Å²) in [6.07, 6.45) is 4.02. The van der Waals surface area contributed by atoms with Gasteiger partial charge in [0.2, 0.25) is 0 Å². The van der Waals surface area contributed by atoms with Crippen LogP contribution in [0.3, 0.4) is 0 Å². The minimum Gasteiger partial charge on any atom is -0.366 e. The SMILES string of the molecule is CCC(C)(C(=O)ON1CC=C(c2ccc(I)cc2)CC1)S(C)(=O)=O. The molecule has 24 heavy (non-hydrogen) atoms. The van der Waals surface area contributed by atoms with Crippen LogP contribution in [0.2, 0.25) is 0 Å². The zero-order valence-electron chi connectivity index (χ0n) is 14.1. The largest absolute Gasteiger partial charge is 0.366 e. The second kappa shape index (κ2) is 7.53. The van der Waals surface area contributed by atoms with E-state index in [-0.39, 0.29) is 6.42 Å². The number of hydroxylamine groups is 2. The smallest absolute Gasteiger partial charge is 0.346 e. The third-order valence-corrected chi connectivity index (χ3v) is 7.33. The molecular formula is C17H22INO4S. The van der Waals surface area contributed by atoms with Crippen LogP contribution in [0.4, 0.5) is 0 Å². The van der Waals surface area contributed by atoms with Crippen molar-refractivity contribution in [1.29, 1.82) is 0 Å². The van der Waals surface area contributed by atoms with E-state index in [1.807, 2.05) is 6.08 Å². The van der Waals surface area contributed by atoms with Crippen molar-refractivity contribution in [2.75, 3.05) is 19.3 Å². The van der Waals surface area contributed by atoms with Gasteiger partial charge in [-0.3, -0.25) is 0 Å². The van der Waals surface area contributed by atoms with Gasteiger partial charge in [-0.25, -0.2) is 13.2 Å². The van der Waals surface area contributed by atoms with E-state index in [4.69, 9.17) is 4.84 Å². The molecule has 0 saturated heterocycles. The average molecular weight is 463 g/mol. The number of carbonyl (C=O) groups is 1. The number of hydrogen-bond acceptors (Lipinski definition) is 5. The van der Waals surface area contributed by atoms with E-state index in [0.29, 0.717) is 13.1 Å². The monoisotopic (exact) mass is 463 g/mol. The summed E-state index contributed by atoms with van der Waals surface area (Å²) in [4.78, 5) is 17.7. The first-order chi connectivity index (χ1) is 11.2. The molecule has 1 heterocycles. The van der Waals surface area contributed by atoms with Gasteiger partial charge in [0.25, 0.3) is 0 Å². The third-order valence-electron chi connectivity index (χ3n) is 4.52. The van der Waals surface area contributed by atoms with Gasteiger partial charge in [0.1, 0.15) is 0 Å². The van der Waals surface area contributed by atoms with Gasteiger partial charge < -0.3 is 4.84 Å². The lowest BCUT2D eigenvalue weighted by atomic mass is 10.0. The summed E-state index contributed by atoms with van der Waals surface area (Å²) in [5.74, 6) is -0.710. The van der Waals surface area contributed by atoms with Crippen LogP contribution in [0.25, 0.3) is 5.57 Å². The number of sulfone groups is 1. The van der Waals surface area contributed by atoms with Crippen molar-refractivity contribution in [2.24, 2.45) is 0 Å². The van der Waals surface area contributed by atoms with Gasteiger partial charge >= 0.3 is 5.97 Å². The lowest BCUT2D eigenvalue weighted by molar-refractivity contribution is -0.191. The van der Waals surface area contributed by atoms with Crippen LogP contribution < -0.4 is 0 Å². The van der Waals surface area contributed by atoms with E-state index in [9.17, 15) is 13.2 Å². The van der Waals surface area contributed by atoms with Crippen LogP contribution in [-0.4, -0.2) is 43.5 Å². The van der Waals surface area contributed by atoms with Gasteiger partial charge in [-0.1, -0.05) is 25.1 Å². The fraction of sp³-hybridized carbons (Fsp3) is 0.471. The maximum absolute atomic E-state index is 12.3. The average Bonchev–Trinajstić information content (AvgIpc) is 2.54. The van der Waals surface area contributed by atoms with Crippen molar-refractivity contribution in [1.82, 2.24) is 5.06 Å². The van der Waals surface area contributed by atoms with Crippen molar-refractivity contribution in [3.63, 3.8) is 0 Å². The first-order valence-electron chi connectivity index (χ1n) is 7.79. The van der Waals surface area contributed by atoms with Crippen molar-refractivity contribution in [3.05, 3.63) is 39.5 Å². The molecule has 7 heteroatoms. The summed E-state index contributed by atoms with van der Waals surface area (Å²) in [5.41, 5.74) is 2.37. The number of nitrogens with zero attached hydrogens (tertiary/aromatic N) is 1. The Labute approximate surface area is 157 Å². The molecule has 2 rings (SSSR count). The summed E-state index contributed by atoms with van der Waals surface area (Å²) < 4.78 is 23.5. The molecule has 1 aromatic carbocycles. The molecule has 1 aliphatic rings. The highest BCUT2D eigenvalue weighted by molar-refractivity contribution is 14.1. The molecule has 0 amide bonds. The summed E-state index contributed by atoms with van der Waals surface area (Å²) in [6, 6.07) is 8.27. The number of rotatable bonds is 5. The number of carbonyl (C=O) groups excluding carboxylic acids is 1. The van der Waals surface area contributed by atoms with Gasteiger partial charge in [-0.05, 0) is 65.6 Å². The van der Waals surface area contributed by atoms with E-state index in [1.54, 1.807) is 6.92 Å². The normalized spacial score (nSPS) is 18.6. The molecule has 0 bridgehead atoms. The lowest BCUT2D eigenvalue weighted by Crippen LogP contribution is -2.47. The molecule has 0 aromatic heterocycles. The van der Waals surface area contributed by atoms with Gasteiger partial charge in [0.05, 0.1) is 6.54 Å². The highest BCUT2D eigenvalue weighted by Crippen LogP contribution is 2.26. The van der Waals surface area contributed by atoms with Gasteiger partial charge in [-0.15, -0.1) is 5.06 Å². The Hall–Kier alpha value is -0.930. The van der Waals surface area contributed by atoms with Crippen LogP contribution in [0.5, 0.6) is 0 Å². The summed E-state index contributed by atoms with van der Waals surface area (Å²) in [6.45, 7) is 4.10. The molecule has 0 saturated carbocycles. The molecule has 0 radical (unpaired) electrons. The Bertz CT molecular complexity index is 742. The maximum atomic E-state index is 12.3. The molecular weight excluding hydrogens is 441 g/mol. The molecule has 1 aromatic rings. The standard InChI is InChI=1S/C17H22INO4S/c1-4-17(2,24(3,21)22)16(20)23-19-11-9-14(10-12-19)13-5-7-15(18)8-6-13/h5-9H,4,10-12H2,1-3H3. The first kappa shape index (κ1) is 19.4. The topological polar surface area (TPSA) is 63.7 Å². The molecule has 0 aliphatic carbocycles. The summed E-state index contributed by atoms with van der Waals surface area (Å²) in [7, 11) is -3.54. The zero-order chi connectivity index (χ0) is 18.0. The van der Waals surface area contributed by atoms with Crippen molar-refractivity contribution in [2.45, 2.75) is 31.4 Å².